The van der Waals surface area contributed by atoms with E-state index in [0.29, 0.717) is 6.54 Å². The van der Waals surface area contributed by atoms with Crippen LogP contribution in [0.1, 0.15) is 24.6 Å². The Hall–Kier alpha value is -1.59. The monoisotopic (exact) mass is 278 g/mol. The van der Waals surface area contributed by atoms with Crippen molar-refractivity contribution in [2.24, 2.45) is 0 Å². The van der Waals surface area contributed by atoms with Crippen LogP contribution in [0.25, 0.3) is 0 Å². The van der Waals surface area contributed by atoms with E-state index in [2.05, 4.69) is 23.3 Å². The smallest absolute Gasteiger partial charge is 0.304 e. The molecule has 0 saturated heterocycles. The summed E-state index contributed by atoms with van der Waals surface area (Å²) in [6, 6.07) is 8.06. The van der Waals surface area contributed by atoms with Crippen LogP contribution in [0.4, 0.5) is 0 Å². The number of benzene rings is 1. The van der Waals surface area contributed by atoms with Gasteiger partial charge in [-0.2, -0.15) is 0 Å². The Morgan fingerprint density at radius 3 is 3.00 bits per heavy atom. The average molecular weight is 278 g/mol. The molecule has 4 nitrogen and oxygen atoms in total. The Labute approximate surface area is 116 Å². The number of ether oxygens (including phenoxy) is 1. The largest absolute Gasteiger partial charge is 0.494 e. The van der Waals surface area contributed by atoms with Crippen molar-refractivity contribution in [1.29, 1.82) is 0 Å². The lowest BCUT2D eigenvalue weighted by molar-refractivity contribution is 0.317. The zero-order valence-corrected chi connectivity index (χ0v) is 11.8. The van der Waals surface area contributed by atoms with Crippen LogP contribution in [0.15, 0.2) is 34.4 Å². The number of aromatic nitrogens is 1. The molecule has 0 unspecified atom stereocenters. The Kier molecular flexibility index (Phi) is 5.18. The lowest BCUT2D eigenvalue weighted by Gasteiger charge is -2.07. The van der Waals surface area contributed by atoms with Crippen molar-refractivity contribution < 1.29 is 4.74 Å². The molecule has 0 aliphatic carbocycles. The maximum atomic E-state index is 11.0. The van der Waals surface area contributed by atoms with E-state index in [1.165, 1.54) is 16.9 Å². The summed E-state index contributed by atoms with van der Waals surface area (Å²) in [6.45, 7) is 4.25. The maximum Gasteiger partial charge on any atom is 0.304 e. The molecular weight excluding hydrogens is 260 g/mol. The molecule has 1 aromatic carbocycles. The van der Waals surface area contributed by atoms with E-state index in [0.717, 1.165) is 31.0 Å². The summed E-state index contributed by atoms with van der Waals surface area (Å²) in [5, 5.41) is 5.14. The van der Waals surface area contributed by atoms with Crippen molar-refractivity contribution in [3.63, 3.8) is 0 Å². The van der Waals surface area contributed by atoms with Gasteiger partial charge in [0.05, 0.1) is 6.61 Å². The molecule has 0 amide bonds. The first-order valence-corrected chi connectivity index (χ1v) is 7.25. The molecule has 2 N–H and O–H groups in total. The molecule has 1 heterocycles. The molecule has 2 rings (SSSR count). The SMILES string of the molecule is CCCOc1cccc(CNCc2csc(=O)[nH]2)c1. The fraction of sp³-hybridized carbons (Fsp3) is 0.357. The molecule has 2 aromatic rings. The summed E-state index contributed by atoms with van der Waals surface area (Å²) in [5.41, 5.74) is 2.10. The first kappa shape index (κ1) is 13.8. The summed E-state index contributed by atoms with van der Waals surface area (Å²) in [4.78, 5) is 13.8. The van der Waals surface area contributed by atoms with Gasteiger partial charge in [-0.3, -0.25) is 4.79 Å². The molecular formula is C14H18N2O2S. The van der Waals surface area contributed by atoms with Crippen LogP contribution in [0.5, 0.6) is 5.75 Å². The van der Waals surface area contributed by atoms with Gasteiger partial charge in [0.1, 0.15) is 5.75 Å². The lowest BCUT2D eigenvalue weighted by Crippen LogP contribution is -2.13. The minimum Gasteiger partial charge on any atom is -0.494 e. The summed E-state index contributed by atoms with van der Waals surface area (Å²) in [5.74, 6) is 0.907. The summed E-state index contributed by atoms with van der Waals surface area (Å²) in [6.07, 6.45) is 1.01. The van der Waals surface area contributed by atoms with E-state index in [1.807, 2.05) is 23.6 Å². The number of nitrogens with one attached hydrogen (secondary N) is 2. The highest BCUT2D eigenvalue weighted by molar-refractivity contribution is 7.07. The number of hydrogen-bond donors (Lipinski definition) is 2. The second-order valence-corrected chi connectivity index (χ2v) is 5.12. The first-order valence-electron chi connectivity index (χ1n) is 6.37. The molecule has 0 atom stereocenters. The minimum atomic E-state index is -0.00763. The fourth-order valence-corrected chi connectivity index (χ4v) is 2.29. The highest BCUT2D eigenvalue weighted by Gasteiger charge is 1.99. The third-order valence-electron chi connectivity index (χ3n) is 2.59. The highest BCUT2D eigenvalue weighted by atomic mass is 32.1. The highest BCUT2D eigenvalue weighted by Crippen LogP contribution is 2.13. The van der Waals surface area contributed by atoms with Crippen molar-refractivity contribution in [3.05, 3.63) is 50.6 Å². The van der Waals surface area contributed by atoms with Gasteiger partial charge in [-0.1, -0.05) is 30.4 Å². The average Bonchev–Trinajstić information content (AvgIpc) is 2.83. The molecule has 5 heteroatoms. The zero-order valence-electron chi connectivity index (χ0n) is 10.9. The predicted octanol–water partition coefficient (Wildman–Crippen LogP) is 2.52. The third kappa shape index (κ3) is 4.54. The van der Waals surface area contributed by atoms with E-state index in [4.69, 9.17) is 4.74 Å². The number of rotatable bonds is 7. The summed E-state index contributed by atoms with van der Waals surface area (Å²) >= 11 is 1.19. The van der Waals surface area contributed by atoms with Crippen LogP contribution < -0.4 is 14.9 Å². The van der Waals surface area contributed by atoms with E-state index in [9.17, 15) is 4.79 Å². The van der Waals surface area contributed by atoms with Gasteiger partial charge in [-0.05, 0) is 24.1 Å². The van der Waals surface area contributed by atoms with Gasteiger partial charge < -0.3 is 15.0 Å². The van der Waals surface area contributed by atoms with Crippen molar-refractivity contribution in [1.82, 2.24) is 10.3 Å². The van der Waals surface area contributed by atoms with Crippen LogP contribution in [-0.2, 0) is 13.1 Å². The fourth-order valence-electron chi connectivity index (χ4n) is 1.71. The van der Waals surface area contributed by atoms with E-state index in [1.54, 1.807) is 0 Å². The molecule has 0 saturated carbocycles. The summed E-state index contributed by atoms with van der Waals surface area (Å²) in [7, 11) is 0. The van der Waals surface area contributed by atoms with E-state index in [-0.39, 0.29) is 4.87 Å². The Bertz CT molecular complexity index is 562. The van der Waals surface area contributed by atoms with Gasteiger partial charge >= 0.3 is 4.87 Å². The maximum absolute atomic E-state index is 11.0. The van der Waals surface area contributed by atoms with Crippen molar-refractivity contribution in [2.45, 2.75) is 26.4 Å². The molecule has 102 valence electrons. The normalized spacial score (nSPS) is 10.6. The van der Waals surface area contributed by atoms with Gasteiger partial charge in [-0.25, -0.2) is 0 Å². The number of H-pyrrole nitrogens is 1. The Balaban J connectivity index is 1.83. The number of hydrogen-bond acceptors (Lipinski definition) is 4. The van der Waals surface area contributed by atoms with Crippen molar-refractivity contribution in [2.75, 3.05) is 6.61 Å². The first-order chi connectivity index (χ1) is 9.28. The molecule has 0 aliphatic rings. The van der Waals surface area contributed by atoms with Crippen LogP contribution >= 0.6 is 11.3 Å². The third-order valence-corrected chi connectivity index (χ3v) is 3.31. The number of thiazole rings is 1. The molecule has 1 aromatic heterocycles. The van der Waals surface area contributed by atoms with Gasteiger partial charge in [0.15, 0.2) is 0 Å². The summed E-state index contributed by atoms with van der Waals surface area (Å²) < 4.78 is 5.59. The standard InChI is InChI=1S/C14H18N2O2S/c1-2-6-18-13-5-3-4-11(7-13)8-15-9-12-10-19-14(17)16-12/h3-5,7,10,15H,2,6,8-9H2,1H3,(H,16,17). The number of aromatic amines is 1. The molecule has 0 radical (unpaired) electrons. The van der Waals surface area contributed by atoms with Crippen LogP contribution in [-0.4, -0.2) is 11.6 Å². The van der Waals surface area contributed by atoms with Gasteiger partial charge in [-0.15, -0.1) is 0 Å². The minimum absolute atomic E-state index is 0.00763. The van der Waals surface area contributed by atoms with Crippen molar-refractivity contribution in [3.8, 4) is 5.75 Å². The van der Waals surface area contributed by atoms with Crippen LogP contribution in [0.3, 0.4) is 0 Å². The molecule has 0 spiro atoms. The quantitative estimate of drug-likeness (QED) is 0.818. The lowest BCUT2D eigenvalue weighted by atomic mass is 10.2. The van der Waals surface area contributed by atoms with Gasteiger partial charge in [0.2, 0.25) is 0 Å². The molecule has 19 heavy (non-hydrogen) atoms. The van der Waals surface area contributed by atoms with E-state index < -0.39 is 0 Å². The topological polar surface area (TPSA) is 54.1 Å². The van der Waals surface area contributed by atoms with Gasteiger partial charge in [0.25, 0.3) is 0 Å². The van der Waals surface area contributed by atoms with Crippen LogP contribution in [0.2, 0.25) is 0 Å². The Morgan fingerprint density at radius 1 is 1.37 bits per heavy atom. The predicted molar refractivity (Wildman–Crippen MR) is 77.7 cm³/mol. The second-order valence-electron chi connectivity index (χ2n) is 4.27. The van der Waals surface area contributed by atoms with Gasteiger partial charge in [0, 0.05) is 24.2 Å². The Morgan fingerprint density at radius 2 is 2.26 bits per heavy atom. The molecule has 0 fully saturated rings. The zero-order chi connectivity index (χ0) is 13.5. The van der Waals surface area contributed by atoms with Crippen LogP contribution in [0, 0.1) is 0 Å². The molecule has 0 aliphatic heterocycles. The molecule has 0 bridgehead atoms. The van der Waals surface area contributed by atoms with Crippen molar-refractivity contribution >= 4 is 11.3 Å². The van der Waals surface area contributed by atoms with E-state index >= 15 is 0 Å². The second kappa shape index (κ2) is 7.11.